The van der Waals surface area contributed by atoms with E-state index in [4.69, 9.17) is 4.74 Å². The van der Waals surface area contributed by atoms with Crippen molar-refractivity contribution in [3.8, 4) is 5.75 Å². The van der Waals surface area contributed by atoms with Crippen LogP contribution in [-0.4, -0.2) is 6.54 Å². The predicted octanol–water partition coefficient (Wildman–Crippen LogP) is 4.87. The number of hydrogen-bond acceptors (Lipinski definition) is 2. The lowest BCUT2D eigenvalue weighted by Gasteiger charge is -2.12. The zero-order valence-electron chi connectivity index (χ0n) is 12.4. The average Bonchev–Trinajstić information content (AvgIpc) is 2.46. The number of halogens is 2. The lowest BCUT2D eigenvalue weighted by atomic mass is 10.1. The van der Waals surface area contributed by atoms with Crippen LogP contribution in [0.2, 0.25) is 0 Å². The lowest BCUT2D eigenvalue weighted by molar-refractivity contribution is 0.302. The van der Waals surface area contributed by atoms with Gasteiger partial charge in [0.25, 0.3) is 0 Å². The van der Waals surface area contributed by atoms with Crippen LogP contribution in [0.3, 0.4) is 0 Å². The third kappa shape index (κ3) is 5.70. The number of benzene rings is 2. The van der Waals surface area contributed by atoms with E-state index in [1.54, 1.807) is 0 Å². The predicted molar refractivity (Wildman–Crippen MR) is 94.3 cm³/mol. The van der Waals surface area contributed by atoms with Gasteiger partial charge < -0.3 is 10.1 Å². The molecule has 0 aliphatic rings. The van der Waals surface area contributed by atoms with Gasteiger partial charge in [-0.15, -0.1) is 12.4 Å². The molecular weight excluding hydrogens is 350 g/mol. The molecule has 0 amide bonds. The maximum Gasteiger partial charge on any atom is 0.124 e. The van der Waals surface area contributed by atoms with Crippen LogP contribution in [0.15, 0.2) is 46.9 Å². The summed E-state index contributed by atoms with van der Waals surface area (Å²) in [6.07, 6.45) is 0. The molecule has 0 saturated carbocycles. The summed E-state index contributed by atoms with van der Waals surface area (Å²) in [4.78, 5) is 0. The Hall–Kier alpha value is -1.03. The Kier molecular flexibility index (Phi) is 7.79. The van der Waals surface area contributed by atoms with E-state index in [9.17, 15) is 0 Å². The Morgan fingerprint density at radius 1 is 1.10 bits per heavy atom. The second-order valence-corrected chi connectivity index (χ2v) is 5.72. The van der Waals surface area contributed by atoms with Gasteiger partial charge in [0.15, 0.2) is 0 Å². The molecule has 2 aromatic rings. The van der Waals surface area contributed by atoms with Crippen molar-refractivity contribution in [1.82, 2.24) is 5.32 Å². The van der Waals surface area contributed by atoms with Crippen molar-refractivity contribution in [3.63, 3.8) is 0 Å². The van der Waals surface area contributed by atoms with Crippen LogP contribution < -0.4 is 10.1 Å². The Morgan fingerprint density at radius 2 is 1.81 bits per heavy atom. The molecule has 0 fully saturated rings. The van der Waals surface area contributed by atoms with Crippen molar-refractivity contribution >= 4 is 28.3 Å². The molecule has 21 heavy (non-hydrogen) atoms. The third-order valence-electron chi connectivity index (χ3n) is 3.10. The molecule has 0 radical (unpaired) electrons. The maximum absolute atomic E-state index is 5.95. The zero-order chi connectivity index (χ0) is 14.4. The molecule has 0 unspecified atom stereocenters. The molecule has 0 aromatic heterocycles. The van der Waals surface area contributed by atoms with Crippen LogP contribution in [0.5, 0.6) is 5.75 Å². The largest absolute Gasteiger partial charge is 0.489 e. The molecule has 0 atom stereocenters. The first-order valence-corrected chi connectivity index (χ1v) is 7.66. The molecule has 0 aliphatic heterocycles. The van der Waals surface area contributed by atoms with Crippen molar-refractivity contribution in [2.24, 2.45) is 0 Å². The molecule has 0 heterocycles. The van der Waals surface area contributed by atoms with Gasteiger partial charge in [-0.05, 0) is 37.2 Å². The van der Waals surface area contributed by atoms with E-state index in [2.05, 4.69) is 65.4 Å². The first-order valence-electron chi connectivity index (χ1n) is 6.86. The standard InChI is InChI=1S/C17H20BrNO.ClH/c1-3-19-11-15-10-16(18)8-9-17(15)20-12-14-6-4-13(2)5-7-14;/h4-10,19H,3,11-12H2,1-2H3;1H. The van der Waals surface area contributed by atoms with Crippen LogP contribution in [-0.2, 0) is 13.2 Å². The van der Waals surface area contributed by atoms with Gasteiger partial charge in [0.1, 0.15) is 12.4 Å². The summed E-state index contributed by atoms with van der Waals surface area (Å²) >= 11 is 3.51. The minimum Gasteiger partial charge on any atom is -0.489 e. The highest BCUT2D eigenvalue weighted by Gasteiger charge is 2.05. The molecule has 114 valence electrons. The number of hydrogen-bond donors (Lipinski definition) is 1. The summed E-state index contributed by atoms with van der Waals surface area (Å²) in [7, 11) is 0. The SMILES string of the molecule is CCNCc1cc(Br)ccc1OCc1ccc(C)cc1.Cl. The van der Waals surface area contributed by atoms with Gasteiger partial charge in [0.2, 0.25) is 0 Å². The zero-order valence-corrected chi connectivity index (χ0v) is 14.8. The van der Waals surface area contributed by atoms with Gasteiger partial charge in [0.05, 0.1) is 0 Å². The van der Waals surface area contributed by atoms with E-state index in [1.165, 1.54) is 16.7 Å². The Morgan fingerprint density at radius 3 is 2.48 bits per heavy atom. The highest BCUT2D eigenvalue weighted by Crippen LogP contribution is 2.24. The van der Waals surface area contributed by atoms with Crippen LogP contribution in [0.1, 0.15) is 23.6 Å². The summed E-state index contributed by atoms with van der Waals surface area (Å²) in [5.41, 5.74) is 3.63. The molecule has 0 aliphatic carbocycles. The molecule has 0 spiro atoms. The van der Waals surface area contributed by atoms with Crippen LogP contribution in [0.4, 0.5) is 0 Å². The molecule has 2 nitrogen and oxygen atoms in total. The van der Waals surface area contributed by atoms with E-state index in [0.29, 0.717) is 6.61 Å². The molecule has 2 aromatic carbocycles. The van der Waals surface area contributed by atoms with E-state index in [-0.39, 0.29) is 12.4 Å². The van der Waals surface area contributed by atoms with Crippen LogP contribution >= 0.6 is 28.3 Å². The Bertz CT molecular complexity index is 557. The quantitative estimate of drug-likeness (QED) is 0.783. The molecular formula is C17H21BrClNO. The minimum absolute atomic E-state index is 0. The number of nitrogens with one attached hydrogen (secondary N) is 1. The molecule has 4 heteroatoms. The van der Waals surface area contributed by atoms with Crippen molar-refractivity contribution in [2.75, 3.05) is 6.54 Å². The fourth-order valence-corrected chi connectivity index (χ4v) is 2.34. The number of aryl methyl sites for hydroxylation is 1. The van der Waals surface area contributed by atoms with E-state index in [0.717, 1.165) is 23.3 Å². The van der Waals surface area contributed by atoms with Crippen molar-refractivity contribution in [2.45, 2.75) is 27.0 Å². The first kappa shape index (κ1) is 18.0. The normalized spacial score (nSPS) is 10.0. The summed E-state index contributed by atoms with van der Waals surface area (Å²) in [6.45, 7) is 6.56. The van der Waals surface area contributed by atoms with Crippen molar-refractivity contribution in [3.05, 3.63) is 63.6 Å². The first-order chi connectivity index (χ1) is 9.69. The fourth-order valence-electron chi connectivity index (χ4n) is 1.93. The van der Waals surface area contributed by atoms with Gasteiger partial charge in [-0.25, -0.2) is 0 Å². The smallest absolute Gasteiger partial charge is 0.124 e. The number of ether oxygens (including phenoxy) is 1. The molecule has 1 N–H and O–H groups in total. The van der Waals surface area contributed by atoms with E-state index >= 15 is 0 Å². The van der Waals surface area contributed by atoms with Gasteiger partial charge in [-0.3, -0.25) is 0 Å². The van der Waals surface area contributed by atoms with Crippen molar-refractivity contribution < 1.29 is 4.74 Å². The Labute approximate surface area is 141 Å². The monoisotopic (exact) mass is 369 g/mol. The lowest BCUT2D eigenvalue weighted by Crippen LogP contribution is -2.13. The van der Waals surface area contributed by atoms with Crippen LogP contribution in [0, 0.1) is 6.92 Å². The van der Waals surface area contributed by atoms with Crippen LogP contribution in [0.25, 0.3) is 0 Å². The second-order valence-electron chi connectivity index (χ2n) is 4.81. The van der Waals surface area contributed by atoms with Gasteiger partial charge in [-0.1, -0.05) is 52.7 Å². The fraction of sp³-hybridized carbons (Fsp3) is 0.294. The van der Waals surface area contributed by atoms with Crippen molar-refractivity contribution in [1.29, 1.82) is 0 Å². The third-order valence-corrected chi connectivity index (χ3v) is 3.60. The van der Waals surface area contributed by atoms with Gasteiger partial charge in [-0.2, -0.15) is 0 Å². The summed E-state index contributed by atoms with van der Waals surface area (Å²) in [5, 5.41) is 3.34. The van der Waals surface area contributed by atoms with Gasteiger partial charge >= 0.3 is 0 Å². The van der Waals surface area contributed by atoms with E-state index < -0.39 is 0 Å². The average molecular weight is 371 g/mol. The molecule has 0 bridgehead atoms. The topological polar surface area (TPSA) is 21.3 Å². The van der Waals surface area contributed by atoms with E-state index in [1.807, 2.05) is 12.1 Å². The number of rotatable bonds is 6. The summed E-state index contributed by atoms with van der Waals surface area (Å²) in [6, 6.07) is 14.6. The second kappa shape index (κ2) is 9.08. The molecule has 2 rings (SSSR count). The molecule has 0 saturated heterocycles. The Balaban J connectivity index is 0.00000220. The summed E-state index contributed by atoms with van der Waals surface area (Å²) < 4.78 is 7.03. The maximum atomic E-state index is 5.95. The highest BCUT2D eigenvalue weighted by atomic mass is 79.9. The highest BCUT2D eigenvalue weighted by molar-refractivity contribution is 9.10. The minimum atomic E-state index is 0. The van der Waals surface area contributed by atoms with Gasteiger partial charge in [0, 0.05) is 16.6 Å². The summed E-state index contributed by atoms with van der Waals surface area (Å²) in [5.74, 6) is 0.940.